The van der Waals surface area contributed by atoms with Gasteiger partial charge in [0.05, 0.1) is 6.04 Å². The van der Waals surface area contributed by atoms with Crippen molar-refractivity contribution >= 4 is 11.8 Å². The van der Waals surface area contributed by atoms with Gasteiger partial charge in [-0.3, -0.25) is 9.59 Å². The first-order valence-corrected chi connectivity index (χ1v) is 7.47. The van der Waals surface area contributed by atoms with Crippen LogP contribution >= 0.6 is 0 Å². The number of rotatable bonds is 4. The van der Waals surface area contributed by atoms with Crippen molar-refractivity contribution in [3.8, 4) is 0 Å². The van der Waals surface area contributed by atoms with Gasteiger partial charge in [0.15, 0.2) is 11.6 Å². The minimum atomic E-state index is -0.954. The van der Waals surface area contributed by atoms with E-state index < -0.39 is 29.1 Å². The summed E-state index contributed by atoms with van der Waals surface area (Å²) in [6, 6.07) is 2.38. The maximum Gasteiger partial charge on any atom is 0.245 e. The molecule has 4 nitrogen and oxygen atoms in total. The SMILES string of the molecule is CC(NC(=O)C(C)(C)C)C(=O)N(C)C(C)c1ccc(F)c(F)c1. The molecule has 1 rings (SSSR count). The highest BCUT2D eigenvalue weighted by atomic mass is 19.2. The molecule has 1 N–H and O–H groups in total. The van der Waals surface area contributed by atoms with Crippen molar-refractivity contribution in [1.29, 1.82) is 0 Å². The van der Waals surface area contributed by atoms with Crippen LogP contribution in [0.3, 0.4) is 0 Å². The standard InChI is InChI=1S/C17H24F2N2O2/c1-10(20-16(23)17(3,4)5)15(22)21(6)11(2)12-7-8-13(18)14(19)9-12/h7-11H,1-6H3,(H,20,23). The predicted octanol–water partition coefficient (Wildman–Crippen LogP) is 3.04. The fourth-order valence-corrected chi connectivity index (χ4v) is 1.97. The molecule has 0 aromatic heterocycles. The molecule has 2 unspecified atom stereocenters. The van der Waals surface area contributed by atoms with Gasteiger partial charge in [-0.05, 0) is 31.5 Å². The number of carbonyl (C=O) groups excluding carboxylic acids is 2. The summed E-state index contributed by atoms with van der Waals surface area (Å²) in [4.78, 5) is 25.8. The first-order chi connectivity index (χ1) is 10.4. The summed E-state index contributed by atoms with van der Waals surface area (Å²) in [5.74, 6) is -2.42. The van der Waals surface area contributed by atoms with Gasteiger partial charge in [0.1, 0.15) is 6.04 Å². The number of amides is 2. The third-order valence-corrected chi connectivity index (χ3v) is 3.75. The number of nitrogens with zero attached hydrogens (tertiary/aromatic N) is 1. The highest BCUT2D eigenvalue weighted by Crippen LogP contribution is 2.22. The Hall–Kier alpha value is -1.98. The van der Waals surface area contributed by atoms with E-state index in [4.69, 9.17) is 0 Å². The normalized spacial score (nSPS) is 14.1. The Kier molecular flexibility index (Phi) is 5.86. The first kappa shape index (κ1) is 19.1. The van der Waals surface area contributed by atoms with Crippen LogP contribution in [0.4, 0.5) is 8.78 Å². The molecule has 0 saturated heterocycles. The van der Waals surface area contributed by atoms with E-state index >= 15 is 0 Å². The van der Waals surface area contributed by atoms with E-state index in [9.17, 15) is 18.4 Å². The molecule has 0 bridgehead atoms. The molecule has 1 aromatic rings. The van der Waals surface area contributed by atoms with E-state index in [1.165, 1.54) is 11.0 Å². The average molecular weight is 326 g/mol. The molecule has 0 aliphatic rings. The zero-order valence-electron chi connectivity index (χ0n) is 14.4. The maximum absolute atomic E-state index is 13.3. The van der Waals surface area contributed by atoms with Gasteiger partial charge in [0.25, 0.3) is 0 Å². The van der Waals surface area contributed by atoms with Crippen molar-refractivity contribution in [3.63, 3.8) is 0 Å². The Morgan fingerprint density at radius 1 is 1.13 bits per heavy atom. The Morgan fingerprint density at radius 2 is 1.70 bits per heavy atom. The van der Waals surface area contributed by atoms with Crippen LogP contribution in [0.25, 0.3) is 0 Å². The van der Waals surface area contributed by atoms with Crippen LogP contribution in [-0.4, -0.2) is 29.8 Å². The Morgan fingerprint density at radius 3 is 2.17 bits per heavy atom. The lowest BCUT2D eigenvalue weighted by Crippen LogP contribution is -2.49. The molecule has 0 aliphatic heterocycles. The number of hydrogen-bond donors (Lipinski definition) is 1. The molecule has 23 heavy (non-hydrogen) atoms. The number of nitrogens with one attached hydrogen (secondary N) is 1. The molecule has 0 spiro atoms. The summed E-state index contributed by atoms with van der Waals surface area (Å²) in [5.41, 5.74) is -0.118. The topological polar surface area (TPSA) is 49.4 Å². The van der Waals surface area contributed by atoms with Crippen molar-refractivity contribution in [2.45, 2.75) is 46.7 Å². The van der Waals surface area contributed by atoms with Crippen molar-refractivity contribution in [2.24, 2.45) is 5.41 Å². The van der Waals surface area contributed by atoms with E-state index in [1.807, 2.05) is 0 Å². The van der Waals surface area contributed by atoms with E-state index in [1.54, 1.807) is 41.7 Å². The average Bonchev–Trinajstić information content (AvgIpc) is 2.46. The number of hydrogen-bond acceptors (Lipinski definition) is 2. The van der Waals surface area contributed by atoms with Crippen LogP contribution in [0.1, 0.15) is 46.2 Å². The molecule has 0 fully saturated rings. The second-order valence-electron chi connectivity index (χ2n) is 6.74. The first-order valence-electron chi connectivity index (χ1n) is 7.47. The van der Waals surface area contributed by atoms with Gasteiger partial charge in [-0.15, -0.1) is 0 Å². The number of carbonyl (C=O) groups is 2. The molecule has 0 aliphatic carbocycles. The fraction of sp³-hybridized carbons (Fsp3) is 0.529. The molecular weight excluding hydrogens is 302 g/mol. The van der Waals surface area contributed by atoms with Gasteiger partial charge in [0.2, 0.25) is 11.8 Å². The van der Waals surface area contributed by atoms with Crippen molar-refractivity contribution in [3.05, 3.63) is 35.4 Å². The van der Waals surface area contributed by atoms with Gasteiger partial charge in [-0.2, -0.15) is 0 Å². The lowest BCUT2D eigenvalue weighted by atomic mass is 9.95. The highest BCUT2D eigenvalue weighted by molar-refractivity contribution is 5.89. The molecule has 6 heteroatoms. The molecule has 0 heterocycles. The molecule has 128 valence electrons. The van der Waals surface area contributed by atoms with E-state index in [0.29, 0.717) is 5.56 Å². The Labute approximate surface area is 135 Å². The zero-order chi connectivity index (χ0) is 17.9. The molecule has 0 saturated carbocycles. The molecule has 1 aromatic carbocycles. The second-order valence-corrected chi connectivity index (χ2v) is 6.74. The Bertz CT molecular complexity index is 597. The molecule has 2 atom stereocenters. The third-order valence-electron chi connectivity index (χ3n) is 3.75. The van der Waals surface area contributed by atoms with Gasteiger partial charge in [-0.1, -0.05) is 26.8 Å². The monoisotopic (exact) mass is 326 g/mol. The van der Waals surface area contributed by atoms with Gasteiger partial charge in [-0.25, -0.2) is 8.78 Å². The number of halogens is 2. The number of benzene rings is 1. The third kappa shape index (κ3) is 4.74. The van der Waals surface area contributed by atoms with Crippen LogP contribution in [0.15, 0.2) is 18.2 Å². The van der Waals surface area contributed by atoms with Crippen molar-refractivity contribution in [2.75, 3.05) is 7.05 Å². The quantitative estimate of drug-likeness (QED) is 0.924. The van der Waals surface area contributed by atoms with Crippen LogP contribution in [-0.2, 0) is 9.59 Å². The molecular formula is C17H24F2N2O2. The Balaban J connectivity index is 2.82. The molecule has 0 radical (unpaired) electrons. The maximum atomic E-state index is 13.3. The summed E-state index contributed by atoms with van der Waals surface area (Å²) < 4.78 is 26.3. The van der Waals surface area contributed by atoms with Crippen LogP contribution < -0.4 is 5.32 Å². The van der Waals surface area contributed by atoms with Crippen LogP contribution in [0.5, 0.6) is 0 Å². The van der Waals surface area contributed by atoms with Crippen LogP contribution in [0, 0.1) is 17.0 Å². The van der Waals surface area contributed by atoms with Crippen LogP contribution in [0.2, 0.25) is 0 Å². The summed E-state index contributed by atoms with van der Waals surface area (Å²) in [5, 5.41) is 2.66. The van der Waals surface area contributed by atoms with E-state index in [2.05, 4.69) is 5.32 Å². The van der Waals surface area contributed by atoms with Gasteiger partial charge >= 0.3 is 0 Å². The summed E-state index contributed by atoms with van der Waals surface area (Å²) in [6.45, 7) is 8.58. The van der Waals surface area contributed by atoms with Gasteiger partial charge < -0.3 is 10.2 Å². The second kappa shape index (κ2) is 7.06. The van der Waals surface area contributed by atoms with E-state index in [-0.39, 0.29) is 11.8 Å². The van der Waals surface area contributed by atoms with Crippen molar-refractivity contribution < 1.29 is 18.4 Å². The predicted molar refractivity (Wildman–Crippen MR) is 84.6 cm³/mol. The number of likely N-dealkylation sites (N-methyl/N-ethyl adjacent to an activating group) is 1. The largest absolute Gasteiger partial charge is 0.344 e. The fourth-order valence-electron chi connectivity index (χ4n) is 1.97. The minimum Gasteiger partial charge on any atom is -0.344 e. The minimum absolute atomic E-state index is 0.229. The summed E-state index contributed by atoms with van der Waals surface area (Å²) in [7, 11) is 1.56. The van der Waals surface area contributed by atoms with E-state index in [0.717, 1.165) is 12.1 Å². The molecule has 2 amide bonds. The van der Waals surface area contributed by atoms with Gasteiger partial charge in [0, 0.05) is 12.5 Å². The van der Waals surface area contributed by atoms with Crippen molar-refractivity contribution in [1.82, 2.24) is 10.2 Å². The highest BCUT2D eigenvalue weighted by Gasteiger charge is 2.28. The lowest BCUT2D eigenvalue weighted by molar-refractivity contribution is -0.138. The lowest BCUT2D eigenvalue weighted by Gasteiger charge is -2.29. The summed E-state index contributed by atoms with van der Waals surface area (Å²) >= 11 is 0. The zero-order valence-corrected chi connectivity index (χ0v) is 14.4. The smallest absolute Gasteiger partial charge is 0.245 e. The summed E-state index contributed by atoms with van der Waals surface area (Å²) in [6.07, 6.45) is 0.